The molecule has 2 rings (SSSR count). The Morgan fingerprint density at radius 1 is 1.04 bits per heavy atom. The molecule has 0 heterocycles. The van der Waals surface area contributed by atoms with Crippen LogP contribution in [0.5, 0.6) is 0 Å². The second-order valence-electron chi connectivity index (χ2n) is 9.20. The van der Waals surface area contributed by atoms with E-state index in [-0.39, 0.29) is 5.41 Å². The van der Waals surface area contributed by atoms with Crippen molar-refractivity contribution in [2.75, 3.05) is 0 Å². The van der Waals surface area contributed by atoms with Gasteiger partial charge in [-0.1, -0.05) is 76.3 Å². The molecule has 0 aromatic carbocycles. The molecule has 0 aliphatic heterocycles. The molecular formula is C25H38. The van der Waals surface area contributed by atoms with Crippen LogP contribution in [0.4, 0.5) is 0 Å². The molecule has 138 valence electrons. The van der Waals surface area contributed by atoms with Gasteiger partial charge in [0.05, 0.1) is 0 Å². The summed E-state index contributed by atoms with van der Waals surface area (Å²) in [7, 11) is 0. The fourth-order valence-electron chi connectivity index (χ4n) is 5.26. The number of rotatable bonds is 4. The summed E-state index contributed by atoms with van der Waals surface area (Å²) in [5, 5.41) is 0. The first kappa shape index (κ1) is 20.0. The summed E-state index contributed by atoms with van der Waals surface area (Å²) in [5.41, 5.74) is 3.60. The lowest BCUT2D eigenvalue weighted by Crippen LogP contribution is -2.39. The van der Waals surface area contributed by atoms with Crippen LogP contribution in [0, 0.1) is 22.7 Å². The van der Waals surface area contributed by atoms with Gasteiger partial charge in [-0.3, -0.25) is 0 Å². The standard InChI is InChI=1S/C25H38/c1-7-9-10-13-22(8-2)25(18-21(4)17-24(5,6)19-25)23-14-11-12-20(3)15-16-23/h7-11,13-14,16,20-21H,12,15,17-19H2,1-6H3/b9-7+,13-10-,22-8+. The normalized spacial score (nSPS) is 33.7. The van der Waals surface area contributed by atoms with Gasteiger partial charge in [-0.2, -0.15) is 0 Å². The highest BCUT2D eigenvalue weighted by Crippen LogP contribution is 2.57. The molecule has 3 unspecified atom stereocenters. The van der Waals surface area contributed by atoms with E-state index in [0.717, 1.165) is 11.8 Å². The summed E-state index contributed by atoms with van der Waals surface area (Å²) in [6.45, 7) is 14.0. The Morgan fingerprint density at radius 2 is 1.80 bits per heavy atom. The monoisotopic (exact) mass is 338 g/mol. The third kappa shape index (κ3) is 4.87. The molecule has 0 amide bonds. The largest absolute Gasteiger partial charge is 0.0877 e. The number of hydrogen-bond donors (Lipinski definition) is 0. The highest BCUT2D eigenvalue weighted by molar-refractivity contribution is 5.44. The lowest BCUT2D eigenvalue weighted by molar-refractivity contribution is 0.103. The molecular weight excluding hydrogens is 300 g/mol. The van der Waals surface area contributed by atoms with E-state index in [9.17, 15) is 0 Å². The van der Waals surface area contributed by atoms with E-state index in [1.165, 1.54) is 37.7 Å². The van der Waals surface area contributed by atoms with Crippen molar-refractivity contribution in [1.29, 1.82) is 0 Å². The molecule has 3 atom stereocenters. The van der Waals surface area contributed by atoms with Crippen molar-refractivity contribution < 1.29 is 0 Å². The molecule has 1 fully saturated rings. The fourth-order valence-corrected chi connectivity index (χ4v) is 5.26. The summed E-state index contributed by atoms with van der Waals surface area (Å²) in [5.74, 6) is 1.51. The molecule has 1 saturated carbocycles. The van der Waals surface area contributed by atoms with Crippen molar-refractivity contribution >= 4 is 0 Å². The van der Waals surface area contributed by atoms with E-state index < -0.39 is 0 Å². The summed E-state index contributed by atoms with van der Waals surface area (Å²) < 4.78 is 0. The van der Waals surface area contributed by atoms with Crippen LogP contribution in [0.25, 0.3) is 0 Å². The minimum atomic E-state index is 0.161. The van der Waals surface area contributed by atoms with Gasteiger partial charge in [0.25, 0.3) is 0 Å². The second kappa shape index (κ2) is 8.39. The average Bonchev–Trinajstić information content (AvgIpc) is 2.74. The smallest absolute Gasteiger partial charge is 0.0204 e. The first-order valence-electron chi connectivity index (χ1n) is 10.2. The Kier molecular flexibility index (Phi) is 6.72. The van der Waals surface area contributed by atoms with Gasteiger partial charge in [-0.15, -0.1) is 0 Å². The Bertz CT molecular complexity index is 594. The fraction of sp³-hybridized carbons (Fsp3) is 0.600. The molecule has 2 aliphatic carbocycles. The zero-order valence-corrected chi connectivity index (χ0v) is 17.3. The van der Waals surface area contributed by atoms with Crippen LogP contribution < -0.4 is 0 Å². The van der Waals surface area contributed by atoms with E-state index in [1.807, 2.05) is 0 Å². The maximum absolute atomic E-state index is 2.55. The molecule has 0 spiro atoms. The Balaban J connectivity index is 2.54. The number of allylic oxidation sites excluding steroid dienone is 10. The summed E-state index contributed by atoms with van der Waals surface area (Å²) in [6.07, 6.45) is 24.8. The SMILES string of the molecule is C/C=C/C=C\C(=C/C)C1(C2=CCC(C)CC=C2)CC(C)CC(C)(C)C1. The summed E-state index contributed by atoms with van der Waals surface area (Å²) in [6, 6.07) is 0. The first-order chi connectivity index (χ1) is 11.8. The topological polar surface area (TPSA) is 0 Å². The molecule has 0 nitrogen and oxygen atoms in total. The van der Waals surface area contributed by atoms with E-state index in [0.29, 0.717) is 5.41 Å². The molecule has 25 heavy (non-hydrogen) atoms. The second-order valence-corrected chi connectivity index (χ2v) is 9.20. The average molecular weight is 339 g/mol. The molecule has 0 bridgehead atoms. The third-order valence-corrected chi connectivity index (χ3v) is 5.95. The van der Waals surface area contributed by atoms with Crippen molar-refractivity contribution in [2.45, 2.75) is 73.6 Å². The Labute approximate surface area is 156 Å². The van der Waals surface area contributed by atoms with Crippen LogP contribution in [0.1, 0.15) is 73.6 Å². The van der Waals surface area contributed by atoms with Crippen molar-refractivity contribution in [3.63, 3.8) is 0 Å². The third-order valence-electron chi connectivity index (χ3n) is 5.95. The van der Waals surface area contributed by atoms with E-state index >= 15 is 0 Å². The van der Waals surface area contributed by atoms with Gasteiger partial charge in [0.1, 0.15) is 0 Å². The molecule has 0 aromatic rings. The van der Waals surface area contributed by atoms with Gasteiger partial charge in [0, 0.05) is 5.41 Å². The van der Waals surface area contributed by atoms with Crippen LogP contribution in [0.2, 0.25) is 0 Å². The Hall–Kier alpha value is -1.30. The molecule has 0 aromatic heterocycles. The predicted octanol–water partition coefficient (Wildman–Crippen LogP) is 7.81. The molecule has 0 N–H and O–H groups in total. The van der Waals surface area contributed by atoms with Gasteiger partial charge in [0.2, 0.25) is 0 Å². The van der Waals surface area contributed by atoms with Crippen molar-refractivity contribution in [2.24, 2.45) is 22.7 Å². The van der Waals surface area contributed by atoms with E-state index in [1.54, 1.807) is 5.57 Å². The maximum atomic E-state index is 2.55. The lowest BCUT2D eigenvalue weighted by Gasteiger charge is -2.49. The lowest BCUT2D eigenvalue weighted by atomic mass is 9.54. The summed E-state index contributed by atoms with van der Waals surface area (Å²) >= 11 is 0. The van der Waals surface area contributed by atoms with E-state index in [4.69, 9.17) is 0 Å². The molecule has 0 saturated heterocycles. The first-order valence-corrected chi connectivity index (χ1v) is 10.2. The zero-order valence-electron chi connectivity index (χ0n) is 17.3. The van der Waals surface area contributed by atoms with Crippen molar-refractivity contribution in [1.82, 2.24) is 0 Å². The van der Waals surface area contributed by atoms with Crippen LogP contribution in [0.15, 0.2) is 59.8 Å². The minimum absolute atomic E-state index is 0.161. The van der Waals surface area contributed by atoms with Gasteiger partial charge < -0.3 is 0 Å². The summed E-state index contributed by atoms with van der Waals surface area (Å²) in [4.78, 5) is 0. The van der Waals surface area contributed by atoms with Gasteiger partial charge >= 0.3 is 0 Å². The van der Waals surface area contributed by atoms with Crippen molar-refractivity contribution in [3.05, 3.63) is 59.8 Å². The predicted molar refractivity (Wildman–Crippen MR) is 113 cm³/mol. The number of hydrogen-bond acceptors (Lipinski definition) is 0. The molecule has 0 radical (unpaired) electrons. The van der Waals surface area contributed by atoms with Gasteiger partial charge in [-0.25, -0.2) is 0 Å². The van der Waals surface area contributed by atoms with Crippen LogP contribution in [-0.2, 0) is 0 Å². The quantitative estimate of drug-likeness (QED) is 0.458. The van der Waals surface area contributed by atoms with E-state index in [2.05, 4.69) is 90.2 Å². The molecule has 2 aliphatic rings. The van der Waals surface area contributed by atoms with Crippen LogP contribution >= 0.6 is 0 Å². The molecule has 0 heteroatoms. The Morgan fingerprint density at radius 3 is 2.44 bits per heavy atom. The highest BCUT2D eigenvalue weighted by Gasteiger charge is 2.45. The van der Waals surface area contributed by atoms with Gasteiger partial charge in [-0.05, 0) is 74.3 Å². The highest BCUT2D eigenvalue weighted by atomic mass is 14.5. The van der Waals surface area contributed by atoms with Crippen molar-refractivity contribution in [3.8, 4) is 0 Å². The van der Waals surface area contributed by atoms with Crippen LogP contribution in [-0.4, -0.2) is 0 Å². The van der Waals surface area contributed by atoms with Gasteiger partial charge in [0.15, 0.2) is 0 Å². The van der Waals surface area contributed by atoms with Crippen LogP contribution in [0.3, 0.4) is 0 Å². The zero-order chi connectivity index (χ0) is 18.5. The minimum Gasteiger partial charge on any atom is -0.0877 e. The maximum Gasteiger partial charge on any atom is 0.0204 e.